The number of rotatable bonds is 7. The van der Waals surface area contributed by atoms with Crippen molar-refractivity contribution in [2.24, 2.45) is 0 Å². The molecule has 0 fully saturated rings. The van der Waals surface area contributed by atoms with Crippen molar-refractivity contribution >= 4 is 17.3 Å². The molecule has 4 aromatic heterocycles. The second kappa shape index (κ2) is 9.17. The number of aromatic nitrogens is 5. The average molecular weight is 458 g/mol. The molecule has 0 saturated heterocycles. The van der Waals surface area contributed by atoms with Crippen LogP contribution in [0.3, 0.4) is 0 Å². The lowest BCUT2D eigenvalue weighted by atomic mass is 10.1. The van der Waals surface area contributed by atoms with Crippen molar-refractivity contribution in [1.29, 1.82) is 0 Å². The van der Waals surface area contributed by atoms with E-state index in [1.807, 2.05) is 53.9 Å². The van der Waals surface area contributed by atoms with Gasteiger partial charge in [-0.2, -0.15) is 5.10 Å². The third-order valence-corrected chi connectivity index (χ3v) is 5.77. The number of nitrogens with zero attached hydrogens (tertiary/aromatic N) is 5. The summed E-state index contributed by atoms with van der Waals surface area (Å²) in [6.45, 7) is 2.21. The van der Waals surface area contributed by atoms with Crippen LogP contribution < -0.4 is 0 Å². The molecule has 5 aromatic rings. The molecule has 0 aliphatic carbocycles. The topological polar surface area (TPSA) is 95.9 Å². The summed E-state index contributed by atoms with van der Waals surface area (Å²) < 4.78 is 13.1. The lowest BCUT2D eigenvalue weighted by molar-refractivity contribution is 0.0280. The third-order valence-electron chi connectivity index (χ3n) is 4.91. The highest BCUT2D eigenvalue weighted by atomic mass is 32.1. The molecule has 0 amide bonds. The first-order chi connectivity index (χ1) is 16.2. The van der Waals surface area contributed by atoms with Crippen LogP contribution in [0.5, 0.6) is 0 Å². The zero-order valence-electron chi connectivity index (χ0n) is 17.7. The molecule has 1 unspecified atom stereocenters. The number of esters is 1. The van der Waals surface area contributed by atoms with E-state index < -0.39 is 12.1 Å². The van der Waals surface area contributed by atoms with Gasteiger partial charge in [-0.1, -0.05) is 36.4 Å². The number of hydrogen-bond acceptors (Lipinski definition) is 8. The summed E-state index contributed by atoms with van der Waals surface area (Å²) in [5, 5.41) is 14.7. The summed E-state index contributed by atoms with van der Waals surface area (Å²) >= 11 is 1.49. The minimum absolute atomic E-state index is 0.228. The molecular formula is C24H19N5O3S. The number of ether oxygens (including phenoxy) is 1. The van der Waals surface area contributed by atoms with Gasteiger partial charge in [-0.05, 0) is 36.1 Å². The zero-order valence-corrected chi connectivity index (χ0v) is 18.5. The maximum atomic E-state index is 13.1. The lowest BCUT2D eigenvalue weighted by Crippen LogP contribution is -2.10. The largest absolute Gasteiger partial charge is 0.449 e. The van der Waals surface area contributed by atoms with Gasteiger partial charge in [0.1, 0.15) is 11.3 Å². The standard InChI is InChI=1S/C24H19N5O3S/c1-16(22-26-27-23(32-22)20-10-6-12-33-20)31-24(30)19-15-29(14-17-7-3-2-4-8-17)28-21(19)18-9-5-11-25-13-18/h2-13,15-16H,14H2,1H3. The van der Waals surface area contributed by atoms with Gasteiger partial charge < -0.3 is 9.15 Å². The van der Waals surface area contributed by atoms with Crippen LogP contribution in [0.4, 0.5) is 0 Å². The van der Waals surface area contributed by atoms with Crippen molar-refractivity contribution in [3.05, 3.63) is 95.6 Å². The number of carbonyl (C=O) groups is 1. The summed E-state index contributed by atoms with van der Waals surface area (Å²) in [5.41, 5.74) is 2.63. The molecule has 0 bridgehead atoms. The molecule has 1 atom stereocenters. The smallest absolute Gasteiger partial charge is 0.342 e. The molecule has 164 valence electrons. The first-order valence-electron chi connectivity index (χ1n) is 10.3. The van der Waals surface area contributed by atoms with E-state index in [0.29, 0.717) is 23.7 Å². The maximum absolute atomic E-state index is 13.1. The van der Waals surface area contributed by atoms with Gasteiger partial charge in [0, 0.05) is 24.2 Å². The molecule has 0 aliphatic heterocycles. The first-order valence-corrected chi connectivity index (χ1v) is 11.2. The van der Waals surface area contributed by atoms with E-state index in [1.165, 1.54) is 11.3 Å². The van der Waals surface area contributed by atoms with Crippen LogP contribution in [-0.4, -0.2) is 30.9 Å². The molecule has 9 heteroatoms. The van der Waals surface area contributed by atoms with Crippen LogP contribution in [0.15, 0.2) is 83.0 Å². The molecule has 0 aliphatic rings. The van der Waals surface area contributed by atoms with E-state index in [2.05, 4.69) is 20.3 Å². The SMILES string of the molecule is CC(OC(=O)c1cn(Cc2ccccc2)nc1-c1cccnc1)c1nnc(-c2cccs2)o1. The van der Waals surface area contributed by atoms with E-state index in [4.69, 9.17) is 9.15 Å². The Morgan fingerprint density at radius 3 is 2.76 bits per heavy atom. The van der Waals surface area contributed by atoms with Gasteiger partial charge in [0.05, 0.1) is 11.4 Å². The van der Waals surface area contributed by atoms with E-state index in [1.54, 1.807) is 36.3 Å². The molecule has 5 rings (SSSR count). The lowest BCUT2D eigenvalue weighted by Gasteiger charge is -2.09. The fourth-order valence-corrected chi connectivity index (χ4v) is 3.96. The van der Waals surface area contributed by atoms with Crippen molar-refractivity contribution < 1.29 is 13.9 Å². The quantitative estimate of drug-likeness (QED) is 0.317. The fraction of sp³-hybridized carbons (Fsp3) is 0.125. The van der Waals surface area contributed by atoms with Gasteiger partial charge in [0.2, 0.25) is 0 Å². The monoisotopic (exact) mass is 457 g/mol. The minimum Gasteiger partial charge on any atom is -0.449 e. The van der Waals surface area contributed by atoms with Crippen LogP contribution in [0.1, 0.15) is 34.8 Å². The number of carbonyl (C=O) groups excluding carboxylic acids is 1. The van der Waals surface area contributed by atoms with Gasteiger partial charge in [0.25, 0.3) is 11.8 Å². The Balaban J connectivity index is 1.40. The molecule has 0 spiro atoms. The highest BCUT2D eigenvalue weighted by Crippen LogP contribution is 2.28. The van der Waals surface area contributed by atoms with Gasteiger partial charge in [-0.25, -0.2) is 4.79 Å². The number of hydrogen-bond donors (Lipinski definition) is 0. The highest BCUT2D eigenvalue weighted by molar-refractivity contribution is 7.13. The molecule has 33 heavy (non-hydrogen) atoms. The molecule has 0 radical (unpaired) electrons. The Kier molecular flexibility index (Phi) is 5.77. The van der Waals surface area contributed by atoms with Crippen molar-refractivity contribution in [1.82, 2.24) is 25.0 Å². The number of pyridine rings is 1. The summed E-state index contributed by atoms with van der Waals surface area (Å²) in [6, 6.07) is 17.3. The molecule has 8 nitrogen and oxygen atoms in total. The Morgan fingerprint density at radius 1 is 1.12 bits per heavy atom. The molecule has 0 N–H and O–H groups in total. The predicted molar refractivity (Wildman–Crippen MR) is 122 cm³/mol. The van der Waals surface area contributed by atoms with Crippen molar-refractivity contribution in [3.8, 4) is 22.0 Å². The van der Waals surface area contributed by atoms with Crippen LogP contribution >= 0.6 is 11.3 Å². The molecular weight excluding hydrogens is 438 g/mol. The normalized spacial score (nSPS) is 11.9. The van der Waals surface area contributed by atoms with E-state index >= 15 is 0 Å². The van der Waals surface area contributed by atoms with Crippen LogP contribution in [0.2, 0.25) is 0 Å². The van der Waals surface area contributed by atoms with Gasteiger partial charge in [0.15, 0.2) is 6.10 Å². The van der Waals surface area contributed by atoms with Crippen LogP contribution in [0.25, 0.3) is 22.0 Å². The Morgan fingerprint density at radius 2 is 2.00 bits per heavy atom. The van der Waals surface area contributed by atoms with Crippen LogP contribution in [0, 0.1) is 0 Å². The Hall–Kier alpha value is -4.11. The van der Waals surface area contributed by atoms with Crippen molar-refractivity contribution in [2.45, 2.75) is 19.6 Å². The van der Waals surface area contributed by atoms with E-state index in [9.17, 15) is 4.79 Å². The second-order valence-corrected chi connectivity index (χ2v) is 8.23. The van der Waals surface area contributed by atoms with Crippen LogP contribution in [-0.2, 0) is 11.3 Å². The average Bonchev–Trinajstić information content (AvgIpc) is 3.60. The van der Waals surface area contributed by atoms with Crippen molar-refractivity contribution in [2.75, 3.05) is 0 Å². The highest BCUT2D eigenvalue weighted by Gasteiger charge is 2.24. The fourth-order valence-electron chi connectivity index (χ4n) is 3.31. The second-order valence-electron chi connectivity index (χ2n) is 7.29. The summed E-state index contributed by atoms with van der Waals surface area (Å²) in [6.07, 6.45) is 4.30. The van der Waals surface area contributed by atoms with Gasteiger partial charge in [-0.15, -0.1) is 21.5 Å². The van der Waals surface area contributed by atoms with Crippen molar-refractivity contribution in [3.63, 3.8) is 0 Å². The molecule has 1 aromatic carbocycles. The summed E-state index contributed by atoms with van der Waals surface area (Å²) in [7, 11) is 0. The van der Waals surface area contributed by atoms with E-state index in [-0.39, 0.29) is 5.89 Å². The van der Waals surface area contributed by atoms with E-state index in [0.717, 1.165) is 16.0 Å². The molecule has 4 heterocycles. The predicted octanol–water partition coefficient (Wildman–Crippen LogP) is 5.02. The molecule has 0 saturated carbocycles. The zero-order chi connectivity index (χ0) is 22.6. The Labute approximate surface area is 193 Å². The van der Waals surface area contributed by atoms with Gasteiger partial charge in [-0.3, -0.25) is 9.67 Å². The summed E-state index contributed by atoms with van der Waals surface area (Å²) in [5.74, 6) is 0.0949. The number of benzene rings is 1. The third kappa shape index (κ3) is 4.58. The number of thiophene rings is 1. The van der Waals surface area contributed by atoms with Gasteiger partial charge >= 0.3 is 5.97 Å². The summed E-state index contributed by atoms with van der Waals surface area (Å²) in [4.78, 5) is 18.2. The Bertz CT molecular complexity index is 1350. The minimum atomic E-state index is -0.724. The maximum Gasteiger partial charge on any atom is 0.342 e. The first kappa shape index (κ1) is 20.8.